The minimum Gasteiger partial charge on any atom is -0.482 e. The second-order valence-corrected chi connectivity index (χ2v) is 3.19. The molecule has 1 nitrogen and oxygen atoms in total. The van der Waals surface area contributed by atoms with Crippen LogP contribution in [0.25, 0.3) is 0 Å². The lowest BCUT2D eigenvalue weighted by molar-refractivity contribution is 0.0110. The van der Waals surface area contributed by atoms with Crippen LogP contribution in [0.4, 0.5) is 0 Å². The molecular formula is C7H12OS. The van der Waals surface area contributed by atoms with Crippen LogP contribution >= 0.6 is 12.2 Å². The summed E-state index contributed by atoms with van der Waals surface area (Å²) in [7, 11) is 0. The van der Waals surface area contributed by atoms with E-state index in [9.17, 15) is 0 Å². The van der Waals surface area contributed by atoms with Crippen LogP contribution in [-0.4, -0.2) is 11.2 Å². The van der Waals surface area contributed by atoms with Crippen molar-refractivity contribution in [3.63, 3.8) is 0 Å². The molecule has 0 aromatic carbocycles. The van der Waals surface area contributed by atoms with E-state index < -0.39 is 0 Å². The predicted octanol–water partition coefficient (Wildman–Crippen LogP) is 2.15. The van der Waals surface area contributed by atoms with Crippen molar-refractivity contribution in [2.45, 2.75) is 33.3 Å². The SMILES string of the molecule is CCC1(C)C(=S)OC1C. The van der Waals surface area contributed by atoms with Crippen molar-refractivity contribution in [2.75, 3.05) is 0 Å². The number of thiocarbonyl (C=S) groups is 1. The van der Waals surface area contributed by atoms with E-state index in [0.717, 1.165) is 11.5 Å². The van der Waals surface area contributed by atoms with Crippen LogP contribution in [0.3, 0.4) is 0 Å². The highest BCUT2D eigenvalue weighted by molar-refractivity contribution is 7.80. The third-order valence-electron chi connectivity index (χ3n) is 2.38. The molecular weight excluding hydrogens is 132 g/mol. The third-order valence-corrected chi connectivity index (χ3v) is 2.94. The van der Waals surface area contributed by atoms with Gasteiger partial charge >= 0.3 is 0 Å². The van der Waals surface area contributed by atoms with Crippen LogP contribution in [-0.2, 0) is 4.74 Å². The van der Waals surface area contributed by atoms with E-state index in [1.54, 1.807) is 0 Å². The Balaban J connectivity index is 2.66. The lowest BCUT2D eigenvalue weighted by Gasteiger charge is -2.45. The van der Waals surface area contributed by atoms with Gasteiger partial charge in [-0.15, -0.1) is 0 Å². The molecule has 1 rings (SSSR count). The molecule has 0 N–H and O–H groups in total. The first-order valence-electron chi connectivity index (χ1n) is 3.32. The summed E-state index contributed by atoms with van der Waals surface area (Å²) in [6.07, 6.45) is 1.42. The quantitative estimate of drug-likeness (QED) is 0.521. The molecule has 0 saturated carbocycles. The molecule has 0 aromatic rings. The number of hydrogen-bond donors (Lipinski definition) is 0. The fourth-order valence-corrected chi connectivity index (χ4v) is 1.42. The Kier molecular flexibility index (Phi) is 1.51. The van der Waals surface area contributed by atoms with Crippen molar-refractivity contribution >= 4 is 17.3 Å². The van der Waals surface area contributed by atoms with Crippen LogP contribution in [0.15, 0.2) is 0 Å². The van der Waals surface area contributed by atoms with Gasteiger partial charge < -0.3 is 4.74 Å². The lowest BCUT2D eigenvalue weighted by Crippen LogP contribution is -2.51. The zero-order valence-corrected chi connectivity index (χ0v) is 6.92. The summed E-state index contributed by atoms with van der Waals surface area (Å²) < 4.78 is 5.18. The fourth-order valence-electron chi connectivity index (χ4n) is 0.965. The van der Waals surface area contributed by atoms with Gasteiger partial charge in [0.15, 0.2) is 5.05 Å². The molecule has 1 aliphatic rings. The van der Waals surface area contributed by atoms with E-state index in [-0.39, 0.29) is 5.41 Å². The van der Waals surface area contributed by atoms with Gasteiger partial charge in [-0.25, -0.2) is 0 Å². The first kappa shape index (κ1) is 7.00. The second-order valence-electron chi connectivity index (χ2n) is 2.82. The van der Waals surface area contributed by atoms with Crippen molar-refractivity contribution in [3.8, 4) is 0 Å². The maximum absolute atomic E-state index is 5.18. The van der Waals surface area contributed by atoms with Crippen molar-refractivity contribution < 1.29 is 4.74 Å². The van der Waals surface area contributed by atoms with Gasteiger partial charge in [-0.3, -0.25) is 0 Å². The minimum atomic E-state index is 0.190. The molecule has 52 valence electrons. The fraction of sp³-hybridized carbons (Fsp3) is 0.857. The summed E-state index contributed by atoms with van der Waals surface area (Å²) in [5.74, 6) is 0. The Morgan fingerprint density at radius 1 is 1.78 bits per heavy atom. The lowest BCUT2D eigenvalue weighted by atomic mass is 9.79. The van der Waals surface area contributed by atoms with E-state index in [1.165, 1.54) is 0 Å². The van der Waals surface area contributed by atoms with E-state index in [0.29, 0.717) is 6.10 Å². The van der Waals surface area contributed by atoms with Crippen LogP contribution in [0.1, 0.15) is 27.2 Å². The minimum absolute atomic E-state index is 0.190. The van der Waals surface area contributed by atoms with E-state index in [1.807, 2.05) is 0 Å². The molecule has 2 unspecified atom stereocenters. The molecule has 0 spiro atoms. The number of rotatable bonds is 1. The molecule has 0 radical (unpaired) electrons. The number of ether oxygens (including phenoxy) is 1. The van der Waals surface area contributed by atoms with Crippen molar-refractivity contribution in [3.05, 3.63) is 0 Å². The zero-order valence-electron chi connectivity index (χ0n) is 6.10. The summed E-state index contributed by atoms with van der Waals surface area (Å²) in [4.78, 5) is 0. The van der Waals surface area contributed by atoms with Gasteiger partial charge in [0.1, 0.15) is 6.10 Å². The molecule has 2 atom stereocenters. The van der Waals surface area contributed by atoms with Crippen molar-refractivity contribution in [1.82, 2.24) is 0 Å². The Hall–Kier alpha value is -0.110. The van der Waals surface area contributed by atoms with Gasteiger partial charge in [-0.05, 0) is 32.5 Å². The van der Waals surface area contributed by atoms with Gasteiger partial charge in [0.05, 0.1) is 5.41 Å². The van der Waals surface area contributed by atoms with Crippen LogP contribution in [0.5, 0.6) is 0 Å². The van der Waals surface area contributed by atoms with Crippen molar-refractivity contribution in [2.24, 2.45) is 5.41 Å². The number of hydrogen-bond acceptors (Lipinski definition) is 2. The molecule has 0 bridgehead atoms. The van der Waals surface area contributed by atoms with E-state index in [4.69, 9.17) is 17.0 Å². The normalized spacial score (nSPS) is 41.7. The molecule has 2 heteroatoms. The zero-order chi connectivity index (χ0) is 7.07. The molecule has 0 amide bonds. The molecule has 0 aliphatic carbocycles. The highest BCUT2D eigenvalue weighted by Gasteiger charge is 2.46. The topological polar surface area (TPSA) is 9.23 Å². The predicted molar refractivity (Wildman–Crippen MR) is 41.5 cm³/mol. The average molecular weight is 144 g/mol. The molecule has 1 aliphatic heterocycles. The summed E-state index contributed by atoms with van der Waals surface area (Å²) >= 11 is 4.97. The second kappa shape index (κ2) is 1.94. The molecule has 1 fully saturated rings. The summed E-state index contributed by atoms with van der Waals surface area (Å²) in [5.41, 5.74) is 0.190. The largest absolute Gasteiger partial charge is 0.482 e. The Morgan fingerprint density at radius 2 is 2.33 bits per heavy atom. The Bertz CT molecular complexity index is 144. The van der Waals surface area contributed by atoms with Crippen LogP contribution < -0.4 is 0 Å². The first-order valence-corrected chi connectivity index (χ1v) is 3.73. The van der Waals surface area contributed by atoms with Gasteiger partial charge in [-0.1, -0.05) is 6.92 Å². The Morgan fingerprint density at radius 3 is 2.44 bits per heavy atom. The van der Waals surface area contributed by atoms with Gasteiger partial charge in [0.25, 0.3) is 0 Å². The summed E-state index contributed by atoms with van der Waals surface area (Å²) in [6.45, 7) is 6.37. The summed E-state index contributed by atoms with van der Waals surface area (Å²) in [5, 5.41) is 0.789. The highest BCUT2D eigenvalue weighted by Crippen LogP contribution is 2.39. The monoisotopic (exact) mass is 144 g/mol. The van der Waals surface area contributed by atoms with Crippen LogP contribution in [0.2, 0.25) is 0 Å². The average Bonchev–Trinajstić information content (AvgIpc) is 1.87. The van der Waals surface area contributed by atoms with Crippen LogP contribution in [0, 0.1) is 5.41 Å². The van der Waals surface area contributed by atoms with Gasteiger partial charge in [0, 0.05) is 0 Å². The smallest absolute Gasteiger partial charge is 0.169 e. The highest BCUT2D eigenvalue weighted by atomic mass is 32.1. The first-order chi connectivity index (χ1) is 4.11. The summed E-state index contributed by atoms with van der Waals surface area (Å²) in [6, 6.07) is 0. The maximum Gasteiger partial charge on any atom is 0.169 e. The third kappa shape index (κ3) is 0.767. The van der Waals surface area contributed by atoms with Gasteiger partial charge in [0.2, 0.25) is 0 Å². The van der Waals surface area contributed by atoms with Gasteiger partial charge in [-0.2, -0.15) is 0 Å². The molecule has 0 aromatic heterocycles. The van der Waals surface area contributed by atoms with E-state index >= 15 is 0 Å². The molecule has 9 heavy (non-hydrogen) atoms. The molecule has 1 heterocycles. The van der Waals surface area contributed by atoms with E-state index in [2.05, 4.69) is 20.8 Å². The Labute approximate surface area is 61.4 Å². The maximum atomic E-state index is 5.18. The molecule has 1 saturated heterocycles. The standard InChI is InChI=1S/C7H12OS/c1-4-7(3)5(2)8-6(7)9/h5H,4H2,1-3H3. The van der Waals surface area contributed by atoms with Crippen molar-refractivity contribution in [1.29, 1.82) is 0 Å².